The van der Waals surface area contributed by atoms with E-state index in [1.807, 2.05) is 11.3 Å². The second-order valence-corrected chi connectivity index (χ2v) is 14.1. The van der Waals surface area contributed by atoms with Crippen LogP contribution in [0.25, 0.3) is 75.3 Å². The number of anilines is 3. The quantitative estimate of drug-likeness (QED) is 0.165. The van der Waals surface area contributed by atoms with Crippen molar-refractivity contribution in [1.82, 2.24) is 4.48 Å². The van der Waals surface area contributed by atoms with Gasteiger partial charge in [-0.1, -0.05) is 127 Å². The number of aromatic nitrogens is 1. The Labute approximate surface area is 280 Å². The zero-order valence-corrected chi connectivity index (χ0v) is 26.6. The largest absolute Gasteiger partial charge is 0.375 e. The fraction of sp³-hybridized carbons (Fsp3) is 0. The summed E-state index contributed by atoms with van der Waals surface area (Å²) >= 11 is 1.90. The molecule has 10 aromatic rings. The van der Waals surface area contributed by atoms with Crippen LogP contribution in [0, 0.1) is 0 Å². The molecule has 0 radical (unpaired) electrons. The molecule has 0 bridgehead atoms. The molecule has 2 aliphatic heterocycles. The Morgan fingerprint density at radius 1 is 0.500 bits per heavy atom. The van der Waals surface area contributed by atoms with Gasteiger partial charge in [-0.3, -0.25) is 0 Å². The lowest BCUT2D eigenvalue weighted by Gasteiger charge is -2.39. The molecule has 0 unspecified atom stereocenters. The van der Waals surface area contributed by atoms with Crippen LogP contribution in [0.4, 0.5) is 17.1 Å². The van der Waals surface area contributed by atoms with Gasteiger partial charge in [0.15, 0.2) is 0 Å². The highest BCUT2D eigenvalue weighted by atomic mass is 32.1. The van der Waals surface area contributed by atoms with Crippen LogP contribution in [0.1, 0.15) is 0 Å². The third-order valence-electron chi connectivity index (χ3n) is 11.0. The maximum absolute atomic E-state index is 2.70. The molecule has 0 N–H and O–H groups in total. The van der Waals surface area contributed by atoms with Gasteiger partial charge in [-0.25, -0.2) is 0 Å². The average Bonchev–Trinajstić information content (AvgIpc) is 3.74. The molecule has 0 saturated heterocycles. The van der Waals surface area contributed by atoms with Crippen molar-refractivity contribution < 1.29 is 0 Å². The monoisotopic (exact) mass is 624 g/mol. The van der Waals surface area contributed by atoms with E-state index in [0.717, 1.165) is 0 Å². The van der Waals surface area contributed by atoms with E-state index < -0.39 is 0 Å². The van der Waals surface area contributed by atoms with E-state index in [1.54, 1.807) is 0 Å². The lowest BCUT2D eigenvalue weighted by molar-refractivity contribution is 1.29. The third-order valence-corrected chi connectivity index (χ3v) is 12.0. The molecule has 0 spiro atoms. The minimum atomic E-state index is 0.0434. The number of fused-ring (bicyclic) bond motifs is 14. The summed E-state index contributed by atoms with van der Waals surface area (Å²) < 4.78 is 2.70. The van der Waals surface area contributed by atoms with Crippen molar-refractivity contribution in [2.24, 2.45) is 0 Å². The maximum atomic E-state index is 2.70. The maximum Gasteiger partial charge on any atom is 0.333 e. The molecule has 8 aromatic carbocycles. The Bertz CT molecular complexity index is 3040. The summed E-state index contributed by atoms with van der Waals surface area (Å²) in [4.78, 5) is 3.96. The summed E-state index contributed by atoms with van der Waals surface area (Å²) in [7, 11) is 0. The van der Waals surface area contributed by atoms with E-state index in [1.165, 1.54) is 103 Å². The van der Waals surface area contributed by atoms with Crippen LogP contribution >= 0.6 is 11.3 Å². The Balaban J connectivity index is 1.31. The van der Waals surface area contributed by atoms with Crippen LogP contribution in [0.2, 0.25) is 0 Å². The van der Waals surface area contributed by atoms with E-state index >= 15 is 0 Å². The van der Waals surface area contributed by atoms with E-state index in [9.17, 15) is 0 Å². The first-order valence-electron chi connectivity index (χ1n) is 16.6. The van der Waals surface area contributed by atoms with Gasteiger partial charge in [-0.05, 0) is 61.4 Å². The number of thiophene rings is 1. The fourth-order valence-electron chi connectivity index (χ4n) is 9.07. The number of benzene rings is 8. The first-order chi connectivity index (χ1) is 23.8. The molecular formula is C44H25BN2S. The minimum absolute atomic E-state index is 0.0434. The van der Waals surface area contributed by atoms with Crippen molar-refractivity contribution in [3.05, 3.63) is 151 Å². The van der Waals surface area contributed by atoms with E-state index in [0.29, 0.717) is 0 Å². The average molecular weight is 625 g/mol. The molecule has 2 nitrogen and oxygen atoms in total. The van der Waals surface area contributed by atoms with Crippen LogP contribution < -0.4 is 15.8 Å². The first-order valence-corrected chi connectivity index (χ1v) is 17.5. The van der Waals surface area contributed by atoms with E-state index in [-0.39, 0.29) is 6.85 Å². The van der Waals surface area contributed by atoms with Crippen LogP contribution in [0.3, 0.4) is 0 Å². The van der Waals surface area contributed by atoms with Gasteiger partial charge >= 0.3 is 6.85 Å². The number of nitrogens with zero attached hydrogens (tertiary/aromatic N) is 2. The van der Waals surface area contributed by atoms with E-state index in [2.05, 4.69) is 160 Å². The zero-order chi connectivity index (χ0) is 31.1. The topological polar surface area (TPSA) is 8.17 Å². The summed E-state index contributed by atoms with van der Waals surface area (Å²) in [5.74, 6) is 0. The van der Waals surface area contributed by atoms with Gasteiger partial charge in [-0.15, -0.1) is 11.3 Å². The van der Waals surface area contributed by atoms with Gasteiger partial charge in [0.25, 0.3) is 0 Å². The van der Waals surface area contributed by atoms with Crippen LogP contribution in [0.15, 0.2) is 151 Å². The Kier molecular flexibility index (Phi) is 4.71. The van der Waals surface area contributed by atoms with Crippen LogP contribution in [-0.4, -0.2) is 11.3 Å². The second-order valence-electron chi connectivity index (χ2n) is 13.2. The van der Waals surface area contributed by atoms with Crippen molar-refractivity contribution >= 4 is 111 Å². The molecule has 48 heavy (non-hydrogen) atoms. The van der Waals surface area contributed by atoms with Crippen molar-refractivity contribution in [3.63, 3.8) is 0 Å². The number of hydrogen-bond donors (Lipinski definition) is 0. The Morgan fingerprint density at radius 3 is 1.94 bits per heavy atom. The predicted octanol–water partition coefficient (Wildman–Crippen LogP) is 10.9. The smallest absolute Gasteiger partial charge is 0.333 e. The Hall–Kier alpha value is -5.84. The van der Waals surface area contributed by atoms with Crippen molar-refractivity contribution in [2.45, 2.75) is 0 Å². The van der Waals surface area contributed by atoms with Crippen LogP contribution in [0.5, 0.6) is 0 Å². The lowest BCUT2D eigenvalue weighted by atomic mass is 9.46. The van der Waals surface area contributed by atoms with E-state index in [4.69, 9.17) is 0 Å². The molecule has 4 heterocycles. The molecule has 4 heteroatoms. The molecule has 0 amide bonds. The normalized spacial score (nSPS) is 13.3. The molecular weight excluding hydrogens is 599 g/mol. The van der Waals surface area contributed by atoms with Crippen molar-refractivity contribution in [3.8, 4) is 10.4 Å². The zero-order valence-electron chi connectivity index (χ0n) is 25.8. The van der Waals surface area contributed by atoms with Gasteiger partial charge in [0, 0.05) is 48.4 Å². The summed E-state index contributed by atoms with van der Waals surface area (Å²) in [5.41, 5.74) is 10.5. The highest BCUT2D eigenvalue weighted by molar-refractivity contribution is 7.17. The SMILES string of the molecule is c1ccc2c(N3c4csc5c4B(c4ccc6ccccc6c43)n3c4ccc6ccccc6c4c4c6ccccc6cc-5c43)cccc2c1. The van der Waals surface area contributed by atoms with Crippen molar-refractivity contribution in [1.29, 1.82) is 0 Å². The number of hydrogen-bond acceptors (Lipinski definition) is 2. The molecule has 220 valence electrons. The van der Waals surface area contributed by atoms with Crippen LogP contribution in [-0.2, 0) is 0 Å². The first kappa shape index (κ1) is 25.3. The van der Waals surface area contributed by atoms with Gasteiger partial charge in [-0.2, -0.15) is 0 Å². The summed E-state index contributed by atoms with van der Waals surface area (Å²) in [6.45, 7) is 0.0434. The molecule has 0 fully saturated rings. The third kappa shape index (κ3) is 3.01. The predicted molar refractivity (Wildman–Crippen MR) is 208 cm³/mol. The molecule has 2 aliphatic rings. The standard InChI is InChI=1S/C44H25BN2S/c1-5-15-30-26(10-1)14-9-19-36(30)46-38-25-48-44-34-24-29-13-4-7-17-32(29)40-39-31-16-6-2-11-27(31)21-23-37(39)47(43(34)40)45(41(38)44)35-22-20-28-12-3-8-18-33(28)42(35)46/h1-25H. The Morgan fingerprint density at radius 2 is 1.12 bits per heavy atom. The highest BCUT2D eigenvalue weighted by Crippen LogP contribution is 2.51. The highest BCUT2D eigenvalue weighted by Gasteiger charge is 2.44. The second kappa shape index (κ2) is 8.94. The number of rotatable bonds is 1. The summed E-state index contributed by atoms with van der Waals surface area (Å²) in [6, 6.07) is 54.3. The van der Waals surface area contributed by atoms with Crippen molar-refractivity contribution in [2.75, 3.05) is 4.90 Å². The summed E-state index contributed by atoms with van der Waals surface area (Å²) in [6.07, 6.45) is 0. The summed E-state index contributed by atoms with van der Waals surface area (Å²) in [5, 5.41) is 15.4. The van der Waals surface area contributed by atoms with Gasteiger partial charge in [0.05, 0.1) is 17.1 Å². The van der Waals surface area contributed by atoms with Gasteiger partial charge in [0.2, 0.25) is 0 Å². The molecule has 12 rings (SSSR count). The minimum Gasteiger partial charge on any atom is -0.375 e. The fourth-order valence-corrected chi connectivity index (χ4v) is 10.2. The molecule has 0 saturated carbocycles. The van der Waals surface area contributed by atoms with Gasteiger partial charge in [0.1, 0.15) is 0 Å². The molecule has 0 atom stereocenters. The molecule has 2 aromatic heterocycles. The van der Waals surface area contributed by atoms with Gasteiger partial charge < -0.3 is 9.38 Å². The molecule has 0 aliphatic carbocycles. The lowest BCUT2D eigenvalue weighted by Crippen LogP contribution is -2.55.